The third-order valence-electron chi connectivity index (χ3n) is 2.02. The highest BCUT2D eigenvalue weighted by Gasteiger charge is 2.35. The first-order valence-electron chi connectivity index (χ1n) is 4.23. The Kier molecular flexibility index (Phi) is 3.35. The Labute approximate surface area is 93.2 Å². The van der Waals surface area contributed by atoms with Gasteiger partial charge in [-0.2, -0.15) is 0 Å². The lowest BCUT2D eigenvalue weighted by Crippen LogP contribution is -2.34. The van der Waals surface area contributed by atoms with E-state index < -0.39 is 20.4 Å². The first-order valence-corrected chi connectivity index (χ1v) is 6.25. The van der Waals surface area contributed by atoms with Gasteiger partial charge in [0.15, 0.2) is 5.03 Å². The molecule has 0 atom stereocenters. The number of nitrogens with zero attached hydrogens (tertiary/aromatic N) is 1. The lowest BCUT2D eigenvalue weighted by Gasteiger charge is -2.20. The molecule has 0 unspecified atom stereocenters. The van der Waals surface area contributed by atoms with Gasteiger partial charge >= 0.3 is 0 Å². The second-order valence-electron chi connectivity index (χ2n) is 3.71. The third kappa shape index (κ3) is 2.29. The van der Waals surface area contributed by atoms with E-state index in [9.17, 15) is 12.8 Å². The fourth-order valence-electron chi connectivity index (χ4n) is 0.876. The van der Waals surface area contributed by atoms with E-state index in [0.717, 1.165) is 18.3 Å². The molecule has 3 nitrogen and oxygen atoms in total. The van der Waals surface area contributed by atoms with Crippen LogP contribution in [0.1, 0.15) is 13.8 Å². The molecule has 1 aromatic heterocycles. The van der Waals surface area contributed by atoms with Crippen LogP contribution in [0.15, 0.2) is 23.4 Å². The van der Waals surface area contributed by atoms with Crippen molar-refractivity contribution in [2.24, 2.45) is 0 Å². The van der Waals surface area contributed by atoms with Crippen molar-refractivity contribution in [1.29, 1.82) is 0 Å². The molecule has 15 heavy (non-hydrogen) atoms. The average molecular weight is 252 g/mol. The standard InChI is InChI=1S/C9H11ClFNO2S/c1-9(2,6-10)15(13,14)8-4-3-7(11)5-12-8/h3-5H,6H2,1-2H3. The molecule has 0 amide bonds. The van der Waals surface area contributed by atoms with Gasteiger partial charge in [-0.25, -0.2) is 17.8 Å². The number of hydrogen-bond donors (Lipinski definition) is 0. The quantitative estimate of drug-likeness (QED) is 0.772. The van der Waals surface area contributed by atoms with Crippen LogP contribution in [0.2, 0.25) is 0 Å². The lowest BCUT2D eigenvalue weighted by molar-refractivity contribution is 0.555. The fraction of sp³-hybridized carbons (Fsp3) is 0.444. The summed E-state index contributed by atoms with van der Waals surface area (Å²) < 4.78 is 35.3. The molecule has 0 spiro atoms. The monoisotopic (exact) mass is 251 g/mol. The highest BCUT2D eigenvalue weighted by Crippen LogP contribution is 2.24. The number of halogens is 2. The van der Waals surface area contributed by atoms with Crippen molar-refractivity contribution in [2.75, 3.05) is 5.88 Å². The Bertz CT molecular complexity index is 442. The molecular weight excluding hydrogens is 241 g/mol. The molecule has 0 aliphatic carbocycles. The minimum atomic E-state index is -3.62. The minimum Gasteiger partial charge on any atom is -0.242 e. The van der Waals surface area contributed by atoms with Gasteiger partial charge in [0.25, 0.3) is 0 Å². The van der Waals surface area contributed by atoms with Gasteiger partial charge in [-0.05, 0) is 26.0 Å². The van der Waals surface area contributed by atoms with Gasteiger partial charge in [0.05, 0.1) is 10.9 Å². The van der Waals surface area contributed by atoms with Crippen molar-refractivity contribution in [2.45, 2.75) is 23.6 Å². The number of alkyl halides is 1. The van der Waals surface area contributed by atoms with Crippen molar-refractivity contribution in [3.8, 4) is 0 Å². The van der Waals surface area contributed by atoms with Crippen molar-refractivity contribution in [3.63, 3.8) is 0 Å². The molecule has 0 radical (unpaired) electrons. The molecule has 0 bridgehead atoms. The highest BCUT2D eigenvalue weighted by molar-refractivity contribution is 7.92. The van der Waals surface area contributed by atoms with E-state index in [-0.39, 0.29) is 10.9 Å². The summed E-state index contributed by atoms with van der Waals surface area (Å²) in [5, 5.41) is -0.158. The average Bonchev–Trinajstić information content (AvgIpc) is 2.18. The molecule has 1 rings (SSSR count). The summed E-state index contributed by atoms with van der Waals surface area (Å²) in [6.07, 6.45) is 0.872. The number of pyridine rings is 1. The minimum absolute atomic E-state index is 0.0472. The summed E-state index contributed by atoms with van der Waals surface area (Å²) in [6, 6.07) is 2.20. The number of aromatic nitrogens is 1. The summed E-state index contributed by atoms with van der Waals surface area (Å²) in [5.74, 6) is -0.619. The molecule has 1 aromatic rings. The van der Waals surface area contributed by atoms with Gasteiger partial charge in [-0.1, -0.05) is 0 Å². The van der Waals surface area contributed by atoms with E-state index in [1.54, 1.807) is 0 Å². The summed E-state index contributed by atoms with van der Waals surface area (Å²) in [4.78, 5) is 3.54. The molecule has 0 fully saturated rings. The molecule has 1 heterocycles. The van der Waals surface area contributed by atoms with Crippen LogP contribution in [-0.4, -0.2) is 24.0 Å². The molecule has 0 aliphatic rings. The Hall–Kier alpha value is -0.680. The molecule has 0 aromatic carbocycles. The maximum absolute atomic E-state index is 12.6. The molecular formula is C9H11ClFNO2S. The first-order chi connectivity index (χ1) is 6.81. The Morgan fingerprint density at radius 1 is 1.47 bits per heavy atom. The first kappa shape index (κ1) is 12.4. The molecule has 0 N–H and O–H groups in total. The van der Waals surface area contributed by atoms with Gasteiger partial charge in [-0.15, -0.1) is 11.6 Å². The van der Waals surface area contributed by atoms with Crippen molar-refractivity contribution < 1.29 is 12.8 Å². The second-order valence-corrected chi connectivity index (χ2v) is 6.51. The van der Waals surface area contributed by atoms with E-state index in [1.165, 1.54) is 13.8 Å². The van der Waals surface area contributed by atoms with E-state index in [0.29, 0.717) is 0 Å². The Balaban J connectivity index is 3.24. The van der Waals surface area contributed by atoms with Crippen LogP contribution < -0.4 is 0 Å². The predicted octanol–water partition coefficient (Wildman–Crippen LogP) is 2.01. The zero-order chi connectivity index (χ0) is 11.7. The zero-order valence-corrected chi connectivity index (χ0v) is 9.94. The van der Waals surface area contributed by atoms with Gasteiger partial charge in [0, 0.05) is 5.88 Å². The SMILES string of the molecule is CC(C)(CCl)S(=O)(=O)c1ccc(F)cn1. The van der Waals surface area contributed by atoms with Gasteiger partial charge in [0.2, 0.25) is 9.84 Å². The van der Waals surface area contributed by atoms with E-state index >= 15 is 0 Å². The summed E-state index contributed by atoms with van der Waals surface area (Å²) in [6.45, 7) is 3.00. The van der Waals surface area contributed by atoms with Crippen molar-refractivity contribution >= 4 is 21.4 Å². The maximum atomic E-state index is 12.6. The largest absolute Gasteiger partial charge is 0.242 e. The number of hydrogen-bond acceptors (Lipinski definition) is 3. The van der Waals surface area contributed by atoms with Gasteiger partial charge in [-0.3, -0.25) is 0 Å². The van der Waals surface area contributed by atoms with Crippen molar-refractivity contribution in [1.82, 2.24) is 4.98 Å². The van der Waals surface area contributed by atoms with E-state index in [1.807, 2.05) is 0 Å². The second kappa shape index (κ2) is 4.06. The van der Waals surface area contributed by atoms with E-state index in [4.69, 9.17) is 11.6 Å². The number of sulfone groups is 1. The van der Waals surface area contributed by atoms with Crippen LogP contribution >= 0.6 is 11.6 Å². The fourth-order valence-corrected chi connectivity index (χ4v) is 2.46. The van der Waals surface area contributed by atoms with Crippen LogP contribution in [0.5, 0.6) is 0 Å². The van der Waals surface area contributed by atoms with E-state index in [2.05, 4.69) is 4.98 Å². The number of rotatable bonds is 3. The van der Waals surface area contributed by atoms with Crippen LogP contribution in [0.3, 0.4) is 0 Å². The topological polar surface area (TPSA) is 47.0 Å². The lowest BCUT2D eigenvalue weighted by atomic mass is 10.2. The van der Waals surface area contributed by atoms with Crippen LogP contribution in [0.4, 0.5) is 4.39 Å². The van der Waals surface area contributed by atoms with Crippen molar-refractivity contribution in [3.05, 3.63) is 24.1 Å². The van der Waals surface area contributed by atoms with Gasteiger partial charge < -0.3 is 0 Å². The normalized spacial score (nSPS) is 12.8. The maximum Gasteiger partial charge on any atom is 0.201 e. The Morgan fingerprint density at radius 3 is 2.47 bits per heavy atom. The highest BCUT2D eigenvalue weighted by atomic mass is 35.5. The Morgan fingerprint density at radius 2 is 2.07 bits per heavy atom. The molecule has 0 aliphatic heterocycles. The summed E-state index contributed by atoms with van der Waals surface area (Å²) in [7, 11) is -3.62. The van der Waals surface area contributed by atoms with Crippen LogP contribution in [0, 0.1) is 5.82 Å². The summed E-state index contributed by atoms with van der Waals surface area (Å²) >= 11 is 5.58. The third-order valence-corrected chi connectivity index (χ3v) is 5.24. The summed E-state index contributed by atoms with van der Waals surface area (Å²) in [5.41, 5.74) is 0. The molecule has 84 valence electrons. The molecule has 0 saturated heterocycles. The smallest absolute Gasteiger partial charge is 0.201 e. The van der Waals surface area contributed by atoms with Crippen LogP contribution in [0.25, 0.3) is 0 Å². The van der Waals surface area contributed by atoms with Gasteiger partial charge in [0.1, 0.15) is 5.82 Å². The molecule has 0 saturated carbocycles. The molecule has 6 heteroatoms. The predicted molar refractivity (Wildman–Crippen MR) is 56.2 cm³/mol. The zero-order valence-electron chi connectivity index (χ0n) is 8.37. The van der Waals surface area contributed by atoms with Crippen LogP contribution in [-0.2, 0) is 9.84 Å².